The van der Waals surface area contributed by atoms with E-state index in [1.165, 1.54) is 33.5 Å². The first kappa shape index (κ1) is 17.6. The van der Waals surface area contributed by atoms with Crippen molar-refractivity contribution in [2.45, 2.75) is 20.3 Å². The number of carbonyl (C=O) groups is 2. The van der Waals surface area contributed by atoms with Crippen molar-refractivity contribution in [2.24, 2.45) is 5.92 Å². The van der Waals surface area contributed by atoms with Gasteiger partial charge in [-0.25, -0.2) is 0 Å². The predicted octanol–water partition coefficient (Wildman–Crippen LogP) is 1.52. The minimum Gasteiger partial charge on any atom is -0.493 e. The summed E-state index contributed by atoms with van der Waals surface area (Å²) in [4.78, 5) is 23.6. The molecule has 0 heterocycles. The average Bonchev–Trinajstić information content (AvgIpc) is 2.50. The summed E-state index contributed by atoms with van der Waals surface area (Å²) in [6, 6.07) is 3.01. The van der Waals surface area contributed by atoms with Gasteiger partial charge >= 0.3 is 0 Å². The van der Waals surface area contributed by atoms with Gasteiger partial charge in [-0.3, -0.25) is 20.4 Å². The molecule has 0 saturated heterocycles. The van der Waals surface area contributed by atoms with Crippen LogP contribution in [0.5, 0.6) is 17.2 Å². The number of hydrazine groups is 1. The zero-order valence-electron chi connectivity index (χ0n) is 13.5. The van der Waals surface area contributed by atoms with E-state index in [0.29, 0.717) is 23.7 Å². The van der Waals surface area contributed by atoms with Gasteiger partial charge in [0.15, 0.2) is 11.5 Å². The van der Waals surface area contributed by atoms with Crippen LogP contribution in [-0.2, 0) is 4.79 Å². The van der Waals surface area contributed by atoms with Crippen molar-refractivity contribution in [1.82, 2.24) is 10.9 Å². The molecule has 0 aliphatic heterocycles. The molecule has 0 unspecified atom stereocenters. The van der Waals surface area contributed by atoms with Crippen molar-refractivity contribution in [3.8, 4) is 17.2 Å². The molecule has 0 radical (unpaired) electrons. The third-order valence-electron chi connectivity index (χ3n) is 2.84. The highest BCUT2D eigenvalue weighted by Crippen LogP contribution is 2.38. The van der Waals surface area contributed by atoms with Crippen molar-refractivity contribution in [2.75, 3.05) is 21.3 Å². The smallest absolute Gasteiger partial charge is 0.269 e. The Morgan fingerprint density at radius 3 is 1.95 bits per heavy atom. The normalized spacial score (nSPS) is 10.1. The Balaban J connectivity index is 2.87. The first-order valence-electron chi connectivity index (χ1n) is 6.82. The van der Waals surface area contributed by atoms with Crippen LogP contribution in [0.3, 0.4) is 0 Å². The number of benzene rings is 1. The van der Waals surface area contributed by atoms with Gasteiger partial charge in [0.25, 0.3) is 5.91 Å². The van der Waals surface area contributed by atoms with E-state index in [1.807, 2.05) is 13.8 Å². The lowest BCUT2D eigenvalue weighted by molar-refractivity contribution is -0.122. The maximum atomic E-state index is 12.1. The van der Waals surface area contributed by atoms with E-state index in [-0.39, 0.29) is 17.4 Å². The standard InChI is InChI=1S/C15H22N2O5/c1-9(2)6-13(18)16-17-15(19)10-7-11(20-3)14(22-5)12(8-10)21-4/h7-9H,6H2,1-5H3,(H,16,18)(H,17,19). The van der Waals surface area contributed by atoms with Crippen LogP contribution in [0.2, 0.25) is 0 Å². The highest BCUT2D eigenvalue weighted by atomic mass is 16.5. The summed E-state index contributed by atoms with van der Waals surface area (Å²) in [6.45, 7) is 3.83. The maximum absolute atomic E-state index is 12.1. The monoisotopic (exact) mass is 310 g/mol. The molecule has 1 aromatic carbocycles. The molecule has 22 heavy (non-hydrogen) atoms. The number of hydrogen-bond donors (Lipinski definition) is 2. The van der Waals surface area contributed by atoms with Gasteiger partial charge in [-0.2, -0.15) is 0 Å². The lowest BCUT2D eigenvalue weighted by atomic mass is 10.1. The highest BCUT2D eigenvalue weighted by molar-refractivity contribution is 5.96. The summed E-state index contributed by atoms with van der Waals surface area (Å²) in [5.74, 6) is 0.594. The van der Waals surface area contributed by atoms with E-state index in [2.05, 4.69) is 10.9 Å². The minimum absolute atomic E-state index is 0.207. The Kier molecular flexibility index (Phi) is 6.49. The third kappa shape index (κ3) is 4.54. The highest BCUT2D eigenvalue weighted by Gasteiger charge is 2.17. The van der Waals surface area contributed by atoms with E-state index >= 15 is 0 Å². The number of rotatable bonds is 6. The summed E-state index contributed by atoms with van der Waals surface area (Å²) in [7, 11) is 4.40. The average molecular weight is 310 g/mol. The van der Waals surface area contributed by atoms with Gasteiger partial charge in [0, 0.05) is 12.0 Å². The Bertz CT molecular complexity index is 518. The minimum atomic E-state index is -0.476. The van der Waals surface area contributed by atoms with Gasteiger partial charge in [0.2, 0.25) is 11.7 Å². The molecule has 0 saturated carbocycles. The Morgan fingerprint density at radius 2 is 1.55 bits per heavy atom. The van der Waals surface area contributed by atoms with Gasteiger partial charge in [0.05, 0.1) is 21.3 Å². The number of hydrogen-bond acceptors (Lipinski definition) is 5. The zero-order valence-corrected chi connectivity index (χ0v) is 13.5. The number of amides is 2. The van der Waals surface area contributed by atoms with Crippen LogP contribution in [0.25, 0.3) is 0 Å². The summed E-state index contributed by atoms with van der Waals surface area (Å²) in [5.41, 5.74) is 5.00. The lowest BCUT2D eigenvalue weighted by Gasteiger charge is -2.14. The number of ether oxygens (including phenoxy) is 3. The van der Waals surface area contributed by atoms with Gasteiger partial charge in [-0.1, -0.05) is 13.8 Å². The molecule has 0 aliphatic carbocycles. The number of methoxy groups -OCH3 is 3. The third-order valence-corrected chi connectivity index (χ3v) is 2.84. The molecule has 1 aromatic rings. The molecule has 2 N–H and O–H groups in total. The molecule has 0 bridgehead atoms. The second kappa shape index (κ2) is 8.11. The first-order valence-corrected chi connectivity index (χ1v) is 6.82. The summed E-state index contributed by atoms with van der Waals surface area (Å²) >= 11 is 0. The fourth-order valence-corrected chi connectivity index (χ4v) is 1.83. The van der Waals surface area contributed by atoms with Crippen LogP contribution in [0, 0.1) is 5.92 Å². The molecule has 0 aliphatic rings. The molecule has 7 heteroatoms. The fraction of sp³-hybridized carbons (Fsp3) is 0.467. The molecule has 7 nitrogen and oxygen atoms in total. The molecule has 122 valence electrons. The molecule has 0 atom stereocenters. The topological polar surface area (TPSA) is 85.9 Å². The summed E-state index contributed by atoms with van der Waals surface area (Å²) < 4.78 is 15.5. The quantitative estimate of drug-likeness (QED) is 0.778. The second-order valence-electron chi connectivity index (χ2n) is 5.01. The van der Waals surface area contributed by atoms with Crippen LogP contribution in [0.1, 0.15) is 30.6 Å². The Hall–Kier alpha value is -2.44. The SMILES string of the molecule is COc1cc(C(=O)NNC(=O)CC(C)C)cc(OC)c1OC. The fourth-order valence-electron chi connectivity index (χ4n) is 1.83. The second-order valence-corrected chi connectivity index (χ2v) is 5.01. The predicted molar refractivity (Wildman–Crippen MR) is 81.2 cm³/mol. The van der Waals surface area contributed by atoms with Gasteiger partial charge in [-0.05, 0) is 18.1 Å². The summed E-state index contributed by atoms with van der Waals surface area (Å²) in [6.07, 6.45) is 0.329. The molecular formula is C15H22N2O5. The van der Waals surface area contributed by atoms with Crippen LogP contribution < -0.4 is 25.1 Å². The van der Waals surface area contributed by atoms with E-state index in [1.54, 1.807) is 0 Å². The van der Waals surface area contributed by atoms with Crippen molar-refractivity contribution in [3.05, 3.63) is 17.7 Å². The Morgan fingerprint density at radius 1 is 1.00 bits per heavy atom. The molecule has 1 rings (SSSR count). The van der Waals surface area contributed by atoms with E-state index in [0.717, 1.165) is 0 Å². The maximum Gasteiger partial charge on any atom is 0.269 e. The molecule has 0 aromatic heterocycles. The van der Waals surface area contributed by atoms with Gasteiger partial charge in [0.1, 0.15) is 0 Å². The molecule has 2 amide bonds. The number of carbonyl (C=O) groups excluding carboxylic acids is 2. The molecule has 0 spiro atoms. The van der Waals surface area contributed by atoms with Crippen LogP contribution in [0.15, 0.2) is 12.1 Å². The van der Waals surface area contributed by atoms with Crippen molar-refractivity contribution >= 4 is 11.8 Å². The van der Waals surface area contributed by atoms with Crippen LogP contribution in [-0.4, -0.2) is 33.1 Å². The Labute approximate surface area is 129 Å². The van der Waals surface area contributed by atoms with Crippen LogP contribution in [0.4, 0.5) is 0 Å². The number of nitrogens with one attached hydrogen (secondary N) is 2. The molecular weight excluding hydrogens is 288 g/mol. The van der Waals surface area contributed by atoms with Crippen molar-refractivity contribution < 1.29 is 23.8 Å². The van der Waals surface area contributed by atoms with Crippen LogP contribution >= 0.6 is 0 Å². The largest absolute Gasteiger partial charge is 0.493 e. The van der Waals surface area contributed by atoms with Gasteiger partial charge < -0.3 is 14.2 Å². The lowest BCUT2D eigenvalue weighted by Crippen LogP contribution is -2.42. The van der Waals surface area contributed by atoms with E-state index in [4.69, 9.17) is 14.2 Å². The van der Waals surface area contributed by atoms with Crippen molar-refractivity contribution in [3.63, 3.8) is 0 Å². The molecule has 0 fully saturated rings. The van der Waals surface area contributed by atoms with Crippen molar-refractivity contribution in [1.29, 1.82) is 0 Å². The van der Waals surface area contributed by atoms with E-state index in [9.17, 15) is 9.59 Å². The van der Waals surface area contributed by atoms with E-state index < -0.39 is 5.91 Å². The summed E-state index contributed by atoms with van der Waals surface area (Å²) in [5, 5.41) is 0. The zero-order chi connectivity index (χ0) is 16.7. The van der Waals surface area contributed by atoms with Gasteiger partial charge in [-0.15, -0.1) is 0 Å². The first-order chi connectivity index (χ1) is 10.4.